The SMILES string of the molecule is C1=C/C(=C(\c2ccc(-n3ccnc3)cc2)c2ccc[nH]2)N=C1. The zero-order chi connectivity index (χ0) is 14.8. The summed E-state index contributed by atoms with van der Waals surface area (Å²) in [5, 5.41) is 0. The Morgan fingerprint density at radius 2 is 2.00 bits per heavy atom. The molecule has 4 heteroatoms. The number of aromatic amines is 1. The molecule has 3 heterocycles. The molecule has 0 aliphatic carbocycles. The fraction of sp³-hybridized carbons (Fsp3) is 0. The van der Waals surface area contributed by atoms with Gasteiger partial charge in [-0.3, -0.25) is 4.99 Å². The minimum atomic E-state index is 0.970. The highest BCUT2D eigenvalue weighted by atomic mass is 15.0. The molecule has 2 aromatic heterocycles. The van der Waals surface area contributed by atoms with E-state index in [1.165, 1.54) is 0 Å². The first-order valence-corrected chi connectivity index (χ1v) is 7.09. The van der Waals surface area contributed by atoms with Crippen molar-refractivity contribution in [3.8, 4) is 5.69 Å². The van der Waals surface area contributed by atoms with Crippen LogP contribution in [0.2, 0.25) is 0 Å². The molecule has 3 aromatic rings. The molecule has 0 unspecified atom stereocenters. The van der Waals surface area contributed by atoms with Crippen LogP contribution in [-0.4, -0.2) is 20.7 Å². The molecule has 0 bridgehead atoms. The van der Waals surface area contributed by atoms with Gasteiger partial charge < -0.3 is 9.55 Å². The molecule has 1 aliphatic heterocycles. The average molecular weight is 286 g/mol. The molecule has 1 aliphatic rings. The van der Waals surface area contributed by atoms with E-state index in [0.29, 0.717) is 0 Å². The van der Waals surface area contributed by atoms with Crippen molar-refractivity contribution in [1.82, 2.24) is 14.5 Å². The molecular weight excluding hydrogens is 272 g/mol. The van der Waals surface area contributed by atoms with E-state index >= 15 is 0 Å². The van der Waals surface area contributed by atoms with E-state index in [4.69, 9.17) is 0 Å². The topological polar surface area (TPSA) is 46.0 Å². The molecule has 0 saturated heterocycles. The van der Waals surface area contributed by atoms with Crippen molar-refractivity contribution in [2.24, 2.45) is 4.99 Å². The molecule has 4 nitrogen and oxygen atoms in total. The maximum atomic E-state index is 4.45. The Bertz CT molecular complexity index is 834. The van der Waals surface area contributed by atoms with E-state index < -0.39 is 0 Å². The first-order valence-electron chi connectivity index (χ1n) is 7.09. The summed E-state index contributed by atoms with van der Waals surface area (Å²) in [6, 6.07) is 12.5. The molecule has 0 atom stereocenters. The van der Waals surface area contributed by atoms with Crippen LogP contribution in [0.3, 0.4) is 0 Å². The third-order valence-corrected chi connectivity index (χ3v) is 3.64. The lowest BCUT2D eigenvalue weighted by molar-refractivity contribution is 1.06. The van der Waals surface area contributed by atoms with Crippen LogP contribution < -0.4 is 0 Å². The number of nitrogens with one attached hydrogen (secondary N) is 1. The lowest BCUT2D eigenvalue weighted by Gasteiger charge is -2.10. The van der Waals surface area contributed by atoms with E-state index in [9.17, 15) is 0 Å². The second-order valence-electron chi connectivity index (χ2n) is 5.00. The van der Waals surface area contributed by atoms with Crippen molar-refractivity contribution in [2.45, 2.75) is 0 Å². The summed E-state index contributed by atoms with van der Waals surface area (Å²) in [5.74, 6) is 0. The zero-order valence-electron chi connectivity index (χ0n) is 11.8. The Morgan fingerprint density at radius 1 is 1.09 bits per heavy atom. The standard InChI is InChI=1S/C18H14N4/c1-3-16(20-9-1)18(17-4-2-10-21-17)14-5-7-15(8-6-14)22-12-11-19-13-22/h1-13,20H/b18-17-. The van der Waals surface area contributed by atoms with E-state index in [0.717, 1.165) is 28.2 Å². The summed E-state index contributed by atoms with van der Waals surface area (Å²) in [6.07, 6.45) is 13.2. The summed E-state index contributed by atoms with van der Waals surface area (Å²) >= 11 is 0. The van der Waals surface area contributed by atoms with Gasteiger partial charge in [0, 0.05) is 41.8 Å². The second-order valence-corrected chi connectivity index (χ2v) is 5.00. The fourth-order valence-corrected chi connectivity index (χ4v) is 2.59. The van der Waals surface area contributed by atoms with Gasteiger partial charge in [-0.1, -0.05) is 12.1 Å². The predicted molar refractivity (Wildman–Crippen MR) is 88.0 cm³/mol. The smallest absolute Gasteiger partial charge is 0.0991 e. The van der Waals surface area contributed by atoms with E-state index in [1.54, 1.807) is 12.5 Å². The maximum absolute atomic E-state index is 4.45. The fourth-order valence-electron chi connectivity index (χ4n) is 2.59. The summed E-state index contributed by atoms with van der Waals surface area (Å²) in [6.45, 7) is 0. The summed E-state index contributed by atoms with van der Waals surface area (Å²) in [7, 11) is 0. The number of hydrogen-bond donors (Lipinski definition) is 1. The molecule has 106 valence electrons. The van der Waals surface area contributed by atoms with E-state index in [-0.39, 0.29) is 0 Å². The van der Waals surface area contributed by atoms with E-state index in [2.05, 4.69) is 45.3 Å². The Hall–Kier alpha value is -3.14. The first kappa shape index (κ1) is 12.6. The van der Waals surface area contributed by atoms with Crippen LogP contribution in [0.1, 0.15) is 11.3 Å². The highest BCUT2D eigenvalue weighted by Crippen LogP contribution is 2.29. The first-order chi connectivity index (χ1) is 10.9. The molecule has 22 heavy (non-hydrogen) atoms. The van der Waals surface area contributed by atoms with Crippen molar-refractivity contribution >= 4 is 11.8 Å². The van der Waals surface area contributed by atoms with Gasteiger partial charge in [0.25, 0.3) is 0 Å². The lowest BCUT2D eigenvalue weighted by Crippen LogP contribution is -1.94. The van der Waals surface area contributed by atoms with Gasteiger partial charge in [0.1, 0.15) is 0 Å². The lowest BCUT2D eigenvalue weighted by atomic mass is 10.00. The summed E-state index contributed by atoms with van der Waals surface area (Å²) in [5.41, 5.74) is 5.35. The van der Waals surface area contributed by atoms with Crippen LogP contribution in [-0.2, 0) is 0 Å². The van der Waals surface area contributed by atoms with Gasteiger partial charge in [-0.15, -0.1) is 0 Å². The molecule has 0 spiro atoms. The predicted octanol–water partition coefficient (Wildman–Crippen LogP) is 3.60. The average Bonchev–Trinajstić information content (AvgIpc) is 3.32. The van der Waals surface area contributed by atoms with Crippen molar-refractivity contribution in [2.75, 3.05) is 0 Å². The number of H-pyrrole nitrogens is 1. The third-order valence-electron chi connectivity index (χ3n) is 3.64. The largest absolute Gasteiger partial charge is 0.361 e. The van der Waals surface area contributed by atoms with Crippen LogP contribution in [0.15, 0.2) is 84.2 Å². The zero-order valence-corrected chi connectivity index (χ0v) is 11.8. The Morgan fingerprint density at radius 3 is 2.64 bits per heavy atom. The third kappa shape index (κ3) is 2.20. The molecule has 0 saturated carbocycles. The van der Waals surface area contributed by atoms with Gasteiger partial charge in [0.15, 0.2) is 0 Å². The second kappa shape index (κ2) is 5.33. The number of hydrogen-bond acceptors (Lipinski definition) is 2. The molecule has 4 rings (SSSR count). The maximum Gasteiger partial charge on any atom is 0.0991 e. The molecule has 0 radical (unpaired) electrons. The minimum Gasteiger partial charge on any atom is -0.361 e. The molecule has 0 fully saturated rings. The van der Waals surface area contributed by atoms with Crippen molar-refractivity contribution in [3.05, 3.63) is 90.4 Å². The van der Waals surface area contributed by atoms with Crippen molar-refractivity contribution in [1.29, 1.82) is 0 Å². The van der Waals surface area contributed by atoms with Gasteiger partial charge >= 0.3 is 0 Å². The van der Waals surface area contributed by atoms with Crippen LogP contribution >= 0.6 is 0 Å². The minimum absolute atomic E-state index is 0.970. The number of allylic oxidation sites excluding steroid dienone is 2. The van der Waals surface area contributed by atoms with Gasteiger partial charge in [0.05, 0.1) is 12.0 Å². The highest BCUT2D eigenvalue weighted by Gasteiger charge is 2.12. The Kier molecular flexibility index (Phi) is 3.05. The van der Waals surface area contributed by atoms with Crippen LogP contribution in [0, 0.1) is 0 Å². The van der Waals surface area contributed by atoms with Gasteiger partial charge in [-0.25, -0.2) is 4.98 Å². The molecule has 1 N–H and O–H groups in total. The molecular formula is C18H14N4. The van der Waals surface area contributed by atoms with Gasteiger partial charge in [0.2, 0.25) is 0 Å². The van der Waals surface area contributed by atoms with Crippen molar-refractivity contribution < 1.29 is 0 Å². The number of imidazole rings is 1. The number of benzene rings is 1. The molecule has 0 amide bonds. The van der Waals surface area contributed by atoms with E-state index in [1.807, 2.05) is 41.4 Å². The number of aromatic nitrogens is 3. The van der Waals surface area contributed by atoms with Crippen molar-refractivity contribution in [3.63, 3.8) is 0 Å². The van der Waals surface area contributed by atoms with Crippen LogP contribution in [0.25, 0.3) is 11.3 Å². The van der Waals surface area contributed by atoms with Gasteiger partial charge in [-0.05, 0) is 42.0 Å². The van der Waals surface area contributed by atoms with Gasteiger partial charge in [-0.2, -0.15) is 0 Å². The summed E-state index contributed by atoms with van der Waals surface area (Å²) in [4.78, 5) is 11.8. The quantitative estimate of drug-likeness (QED) is 0.785. The highest BCUT2D eigenvalue weighted by molar-refractivity contribution is 5.88. The Balaban J connectivity index is 1.80. The monoisotopic (exact) mass is 286 g/mol. The van der Waals surface area contributed by atoms with Crippen LogP contribution in [0.5, 0.6) is 0 Å². The number of rotatable bonds is 3. The molecule has 1 aromatic carbocycles. The normalized spacial score (nSPS) is 15.5. The number of nitrogens with zero attached hydrogens (tertiary/aromatic N) is 3. The number of aliphatic imine (C=N–C) groups is 1. The summed E-state index contributed by atoms with van der Waals surface area (Å²) < 4.78 is 1.98. The Labute approximate surface area is 128 Å². The van der Waals surface area contributed by atoms with Crippen LogP contribution in [0.4, 0.5) is 0 Å².